The van der Waals surface area contributed by atoms with Gasteiger partial charge in [-0.1, -0.05) is 54.1 Å². The van der Waals surface area contributed by atoms with E-state index in [1.165, 1.54) is 0 Å². The maximum absolute atomic E-state index is 12.9. The Morgan fingerprint density at radius 2 is 1.53 bits per heavy atom. The van der Waals surface area contributed by atoms with Crippen LogP contribution in [0.1, 0.15) is 11.1 Å². The highest BCUT2D eigenvalue weighted by molar-refractivity contribution is 7.87. The molecule has 4 nitrogen and oxygen atoms in total. The predicted molar refractivity (Wildman–Crippen MR) is 120 cm³/mol. The Balaban J connectivity index is 1.90. The molecule has 0 atom stereocenters. The summed E-state index contributed by atoms with van der Waals surface area (Å²) < 4.78 is 36.9. The average Bonchev–Trinajstić information content (AvgIpc) is 2.74. The second-order valence-corrected chi connectivity index (χ2v) is 8.74. The second kappa shape index (κ2) is 7.84. The van der Waals surface area contributed by atoms with Crippen molar-refractivity contribution in [1.29, 1.82) is 0 Å². The second-order valence-electron chi connectivity index (χ2n) is 7.19. The van der Waals surface area contributed by atoms with Crippen LogP contribution < -0.4 is 8.92 Å². The van der Waals surface area contributed by atoms with Crippen molar-refractivity contribution < 1.29 is 17.3 Å². The molecule has 5 heteroatoms. The molecule has 0 N–H and O–H groups in total. The molecule has 152 valence electrons. The minimum Gasteiger partial charge on any atom is -0.497 e. The number of ether oxygens (including phenoxy) is 1. The van der Waals surface area contributed by atoms with Crippen molar-refractivity contribution in [2.45, 2.75) is 18.7 Å². The Morgan fingerprint density at radius 3 is 2.27 bits per heavy atom. The van der Waals surface area contributed by atoms with Gasteiger partial charge in [0.1, 0.15) is 10.6 Å². The summed E-state index contributed by atoms with van der Waals surface area (Å²) in [6.45, 7) is 3.90. The molecule has 0 aliphatic heterocycles. The first kappa shape index (κ1) is 20.0. The molecule has 0 spiro atoms. The Morgan fingerprint density at radius 1 is 0.800 bits per heavy atom. The maximum Gasteiger partial charge on any atom is 0.339 e. The third-order valence-corrected chi connectivity index (χ3v) is 6.35. The summed E-state index contributed by atoms with van der Waals surface area (Å²) in [7, 11) is -2.41. The Hall–Kier alpha value is -3.31. The lowest BCUT2D eigenvalue weighted by molar-refractivity contribution is 0.414. The van der Waals surface area contributed by atoms with Crippen LogP contribution in [0.5, 0.6) is 11.5 Å². The Labute approximate surface area is 176 Å². The summed E-state index contributed by atoms with van der Waals surface area (Å²) in [6.07, 6.45) is 0. The van der Waals surface area contributed by atoms with E-state index in [0.29, 0.717) is 11.3 Å². The van der Waals surface area contributed by atoms with Crippen LogP contribution in [-0.2, 0) is 10.1 Å². The maximum atomic E-state index is 12.9. The topological polar surface area (TPSA) is 52.6 Å². The molecular weight excluding hydrogens is 396 g/mol. The molecule has 0 fully saturated rings. The molecule has 0 saturated heterocycles. The van der Waals surface area contributed by atoms with Gasteiger partial charge in [-0.2, -0.15) is 8.42 Å². The summed E-state index contributed by atoms with van der Waals surface area (Å²) in [5, 5.41) is 2.08. The normalized spacial score (nSPS) is 11.4. The van der Waals surface area contributed by atoms with Crippen LogP contribution in [0.4, 0.5) is 0 Å². The van der Waals surface area contributed by atoms with Gasteiger partial charge in [-0.25, -0.2) is 0 Å². The third kappa shape index (κ3) is 3.76. The highest BCUT2D eigenvalue weighted by Gasteiger charge is 2.21. The lowest BCUT2D eigenvalue weighted by Gasteiger charge is -2.16. The first-order valence-electron chi connectivity index (χ1n) is 9.57. The van der Waals surface area contributed by atoms with Crippen LogP contribution in [0.3, 0.4) is 0 Å². The highest BCUT2D eigenvalue weighted by atomic mass is 32.2. The highest BCUT2D eigenvalue weighted by Crippen LogP contribution is 2.40. The smallest absolute Gasteiger partial charge is 0.339 e. The molecule has 0 aliphatic rings. The molecule has 0 amide bonds. The lowest BCUT2D eigenvalue weighted by atomic mass is 9.93. The van der Waals surface area contributed by atoms with Gasteiger partial charge in [-0.05, 0) is 66.1 Å². The van der Waals surface area contributed by atoms with Crippen LogP contribution in [0.2, 0.25) is 0 Å². The van der Waals surface area contributed by atoms with Crippen LogP contribution in [0.25, 0.3) is 21.9 Å². The molecule has 0 radical (unpaired) electrons. The van der Waals surface area contributed by atoms with Gasteiger partial charge in [-0.15, -0.1) is 0 Å². The molecule has 4 aromatic carbocycles. The van der Waals surface area contributed by atoms with E-state index >= 15 is 0 Å². The Kier molecular flexibility index (Phi) is 5.22. The van der Waals surface area contributed by atoms with Gasteiger partial charge in [0, 0.05) is 5.56 Å². The van der Waals surface area contributed by atoms with E-state index in [1.807, 2.05) is 50.2 Å². The summed E-state index contributed by atoms with van der Waals surface area (Å²) in [6, 6.07) is 23.8. The first-order valence-corrected chi connectivity index (χ1v) is 11.0. The van der Waals surface area contributed by atoms with Gasteiger partial charge < -0.3 is 8.92 Å². The fourth-order valence-electron chi connectivity index (χ4n) is 3.51. The largest absolute Gasteiger partial charge is 0.497 e. The monoisotopic (exact) mass is 418 g/mol. The molecule has 4 aromatic rings. The minimum atomic E-state index is -3.99. The fourth-order valence-corrected chi connectivity index (χ4v) is 4.46. The van der Waals surface area contributed by atoms with Crippen molar-refractivity contribution >= 4 is 20.9 Å². The van der Waals surface area contributed by atoms with Gasteiger partial charge in [0.25, 0.3) is 0 Å². The van der Waals surface area contributed by atoms with Crippen molar-refractivity contribution in [1.82, 2.24) is 0 Å². The van der Waals surface area contributed by atoms with Crippen LogP contribution >= 0.6 is 0 Å². The van der Waals surface area contributed by atoms with Crippen molar-refractivity contribution in [3.8, 4) is 22.6 Å². The van der Waals surface area contributed by atoms with Crippen molar-refractivity contribution in [2.24, 2.45) is 0 Å². The van der Waals surface area contributed by atoms with E-state index < -0.39 is 10.1 Å². The van der Waals surface area contributed by atoms with Gasteiger partial charge >= 0.3 is 10.1 Å². The molecule has 30 heavy (non-hydrogen) atoms. The van der Waals surface area contributed by atoms with Crippen molar-refractivity contribution in [3.63, 3.8) is 0 Å². The van der Waals surface area contributed by atoms with Crippen LogP contribution in [0, 0.1) is 13.8 Å². The number of benzene rings is 4. The van der Waals surface area contributed by atoms with Crippen LogP contribution in [0.15, 0.2) is 83.8 Å². The fraction of sp³-hybridized carbons (Fsp3) is 0.120. The standard InChI is InChI=1S/C25H22O4S/c1-17-8-13-21(14-9-17)30(26,27)29-24-15-12-20(28-3)16-23(24)25-18(2)10-11-19-6-4-5-7-22(19)25/h4-16H,1-3H3. The number of hydrogen-bond donors (Lipinski definition) is 0. The van der Waals surface area contributed by atoms with Crippen LogP contribution in [-0.4, -0.2) is 15.5 Å². The van der Waals surface area contributed by atoms with E-state index in [9.17, 15) is 8.42 Å². The summed E-state index contributed by atoms with van der Waals surface area (Å²) in [5.41, 5.74) is 3.57. The average molecular weight is 419 g/mol. The van der Waals surface area contributed by atoms with Gasteiger partial charge in [0.15, 0.2) is 5.75 Å². The molecule has 0 aromatic heterocycles. The number of aryl methyl sites for hydroxylation is 2. The zero-order valence-electron chi connectivity index (χ0n) is 17.0. The first-order chi connectivity index (χ1) is 14.4. The molecule has 0 unspecified atom stereocenters. The molecular formula is C25H22O4S. The van der Waals surface area contributed by atoms with E-state index in [1.54, 1.807) is 43.5 Å². The van der Waals surface area contributed by atoms with Crippen molar-refractivity contribution in [2.75, 3.05) is 7.11 Å². The number of hydrogen-bond acceptors (Lipinski definition) is 4. The summed E-state index contributed by atoms with van der Waals surface area (Å²) in [4.78, 5) is 0.115. The molecule has 4 rings (SSSR count). The number of methoxy groups -OCH3 is 1. The van der Waals surface area contributed by atoms with E-state index in [-0.39, 0.29) is 10.6 Å². The van der Waals surface area contributed by atoms with Gasteiger partial charge in [-0.3, -0.25) is 0 Å². The SMILES string of the molecule is COc1ccc(OS(=O)(=O)c2ccc(C)cc2)c(-c2c(C)ccc3ccccc23)c1. The summed E-state index contributed by atoms with van der Waals surface area (Å²) >= 11 is 0. The van der Waals surface area contributed by atoms with E-state index in [0.717, 1.165) is 27.5 Å². The Bertz CT molecular complexity index is 1320. The minimum absolute atomic E-state index is 0.115. The van der Waals surface area contributed by atoms with Gasteiger partial charge in [0.05, 0.1) is 7.11 Å². The molecule has 0 saturated carbocycles. The molecule has 0 heterocycles. The number of fused-ring (bicyclic) bond motifs is 1. The lowest BCUT2D eigenvalue weighted by Crippen LogP contribution is -2.10. The van der Waals surface area contributed by atoms with Gasteiger partial charge in [0.2, 0.25) is 0 Å². The van der Waals surface area contributed by atoms with E-state index in [2.05, 4.69) is 6.07 Å². The quantitative estimate of drug-likeness (QED) is 0.379. The number of rotatable bonds is 5. The predicted octanol–water partition coefficient (Wildman–Crippen LogP) is 5.90. The van der Waals surface area contributed by atoms with Crippen molar-refractivity contribution in [3.05, 3.63) is 90.0 Å². The zero-order valence-corrected chi connectivity index (χ0v) is 17.9. The zero-order chi connectivity index (χ0) is 21.3. The molecule has 0 aliphatic carbocycles. The molecule has 0 bridgehead atoms. The third-order valence-electron chi connectivity index (χ3n) is 5.10. The summed E-state index contributed by atoms with van der Waals surface area (Å²) in [5.74, 6) is 0.883. The van der Waals surface area contributed by atoms with E-state index in [4.69, 9.17) is 8.92 Å².